The maximum Gasteiger partial charge on any atom is 0.337 e. The van der Waals surface area contributed by atoms with Gasteiger partial charge in [-0.05, 0) is 12.1 Å². The van der Waals surface area contributed by atoms with Gasteiger partial charge in [-0.2, -0.15) is 0 Å². The molecule has 0 radical (unpaired) electrons. The summed E-state index contributed by atoms with van der Waals surface area (Å²) in [6, 6.07) is 4.80. The minimum Gasteiger partial charge on any atom is -0.478 e. The van der Waals surface area contributed by atoms with Crippen molar-refractivity contribution in [3.8, 4) is 0 Å². The summed E-state index contributed by atoms with van der Waals surface area (Å²) in [6.45, 7) is 1.46. The standard InChI is InChI=1S/C17H13Cl2N3O4S/c1-2-11-21-15-13(8(7-27-15)17(25)26)16(24)22(11)6-12(23)20-10-5-3-4-9(18)14(10)19/h3-5,7H,2,6H2,1H3,(H,20,23)(H,25,26). The monoisotopic (exact) mass is 425 g/mol. The fourth-order valence-corrected chi connectivity index (χ4v) is 3.86. The van der Waals surface area contributed by atoms with E-state index in [1.54, 1.807) is 25.1 Å². The van der Waals surface area contributed by atoms with Gasteiger partial charge in [0.15, 0.2) is 0 Å². The Kier molecular flexibility index (Phi) is 5.50. The summed E-state index contributed by atoms with van der Waals surface area (Å²) in [5, 5.41) is 13.7. The predicted octanol–water partition coefficient (Wildman–Crippen LogP) is 3.66. The Morgan fingerprint density at radius 3 is 2.74 bits per heavy atom. The number of anilines is 1. The summed E-state index contributed by atoms with van der Waals surface area (Å²) < 4.78 is 1.18. The van der Waals surface area contributed by atoms with E-state index < -0.39 is 17.4 Å². The zero-order chi connectivity index (χ0) is 19.7. The lowest BCUT2D eigenvalue weighted by Gasteiger charge is -2.12. The molecule has 2 heterocycles. The first-order valence-electron chi connectivity index (χ1n) is 7.81. The van der Waals surface area contributed by atoms with Crippen LogP contribution in [0.25, 0.3) is 10.2 Å². The Labute approximate surface area is 167 Å². The lowest BCUT2D eigenvalue weighted by Crippen LogP contribution is -2.31. The van der Waals surface area contributed by atoms with Crippen LogP contribution in [0.5, 0.6) is 0 Å². The van der Waals surface area contributed by atoms with E-state index in [2.05, 4.69) is 10.3 Å². The molecular formula is C17H13Cl2N3O4S. The summed E-state index contributed by atoms with van der Waals surface area (Å²) in [6.07, 6.45) is 0.399. The highest BCUT2D eigenvalue weighted by molar-refractivity contribution is 7.17. The van der Waals surface area contributed by atoms with Gasteiger partial charge >= 0.3 is 5.97 Å². The largest absolute Gasteiger partial charge is 0.478 e. The Hall–Kier alpha value is -2.42. The molecule has 0 saturated heterocycles. The number of carbonyl (C=O) groups excluding carboxylic acids is 1. The van der Waals surface area contributed by atoms with Crippen molar-refractivity contribution in [2.24, 2.45) is 0 Å². The number of aryl methyl sites for hydroxylation is 1. The maximum absolute atomic E-state index is 12.8. The van der Waals surface area contributed by atoms with Crippen molar-refractivity contribution in [2.45, 2.75) is 19.9 Å². The van der Waals surface area contributed by atoms with E-state index >= 15 is 0 Å². The molecular weight excluding hydrogens is 413 g/mol. The van der Waals surface area contributed by atoms with Crippen LogP contribution in [0, 0.1) is 0 Å². The van der Waals surface area contributed by atoms with Gasteiger partial charge < -0.3 is 10.4 Å². The molecule has 0 unspecified atom stereocenters. The fraction of sp³-hybridized carbons (Fsp3) is 0.176. The van der Waals surface area contributed by atoms with Crippen molar-refractivity contribution >= 4 is 62.3 Å². The van der Waals surface area contributed by atoms with Gasteiger partial charge in [0.1, 0.15) is 17.2 Å². The number of carbonyl (C=O) groups is 2. The van der Waals surface area contributed by atoms with E-state index in [9.17, 15) is 19.5 Å². The number of carboxylic acids is 1. The summed E-state index contributed by atoms with van der Waals surface area (Å²) in [5.41, 5.74) is -0.374. The highest BCUT2D eigenvalue weighted by Crippen LogP contribution is 2.29. The molecule has 3 aromatic rings. The third-order valence-electron chi connectivity index (χ3n) is 3.85. The molecule has 0 aliphatic carbocycles. The number of hydrogen-bond donors (Lipinski definition) is 2. The Bertz CT molecular complexity index is 1120. The number of fused-ring (bicyclic) bond motifs is 1. The van der Waals surface area contributed by atoms with Crippen LogP contribution in [-0.4, -0.2) is 26.5 Å². The van der Waals surface area contributed by atoms with E-state index in [0.717, 1.165) is 11.3 Å². The molecule has 2 N–H and O–H groups in total. The van der Waals surface area contributed by atoms with Crippen LogP contribution in [0.1, 0.15) is 23.1 Å². The molecule has 0 fully saturated rings. The van der Waals surface area contributed by atoms with Crippen LogP contribution in [0.3, 0.4) is 0 Å². The molecule has 0 saturated carbocycles. The van der Waals surface area contributed by atoms with Gasteiger partial charge in [-0.15, -0.1) is 11.3 Å². The number of halogens is 2. The number of rotatable bonds is 5. The number of amides is 1. The van der Waals surface area contributed by atoms with E-state index in [1.165, 1.54) is 9.95 Å². The second kappa shape index (κ2) is 7.67. The van der Waals surface area contributed by atoms with Crippen LogP contribution >= 0.6 is 34.5 Å². The number of nitrogens with zero attached hydrogens (tertiary/aromatic N) is 2. The average Bonchev–Trinajstić information content (AvgIpc) is 3.05. The summed E-state index contributed by atoms with van der Waals surface area (Å²) in [5.74, 6) is -1.34. The first-order chi connectivity index (χ1) is 12.8. The number of nitrogens with one attached hydrogen (secondary N) is 1. The number of aromatic nitrogens is 2. The molecule has 3 rings (SSSR count). The lowest BCUT2D eigenvalue weighted by molar-refractivity contribution is -0.116. The third kappa shape index (κ3) is 3.69. The first-order valence-corrected chi connectivity index (χ1v) is 9.45. The topological polar surface area (TPSA) is 101 Å². The second-order valence-electron chi connectivity index (χ2n) is 5.56. The van der Waals surface area contributed by atoms with Crippen molar-refractivity contribution in [1.82, 2.24) is 9.55 Å². The smallest absolute Gasteiger partial charge is 0.337 e. The second-order valence-corrected chi connectivity index (χ2v) is 7.20. The van der Waals surface area contributed by atoms with Gasteiger partial charge in [0.05, 0.1) is 26.7 Å². The number of benzene rings is 1. The van der Waals surface area contributed by atoms with Crippen LogP contribution < -0.4 is 10.9 Å². The van der Waals surface area contributed by atoms with Gasteiger partial charge in [-0.3, -0.25) is 14.2 Å². The molecule has 0 aliphatic rings. The normalized spacial score (nSPS) is 10.9. The average molecular weight is 426 g/mol. The van der Waals surface area contributed by atoms with Crippen molar-refractivity contribution in [1.29, 1.82) is 0 Å². The van der Waals surface area contributed by atoms with Crippen molar-refractivity contribution in [3.63, 3.8) is 0 Å². The molecule has 0 atom stereocenters. The van der Waals surface area contributed by atoms with Crippen molar-refractivity contribution in [2.75, 3.05) is 5.32 Å². The number of thiophene rings is 1. The van der Waals surface area contributed by atoms with Gasteiger partial charge in [0.25, 0.3) is 5.56 Å². The Morgan fingerprint density at radius 1 is 1.33 bits per heavy atom. The maximum atomic E-state index is 12.8. The quantitative estimate of drug-likeness (QED) is 0.649. The van der Waals surface area contributed by atoms with Crippen molar-refractivity contribution < 1.29 is 14.7 Å². The molecule has 1 aromatic carbocycles. The lowest BCUT2D eigenvalue weighted by atomic mass is 10.2. The van der Waals surface area contributed by atoms with Gasteiger partial charge in [-0.25, -0.2) is 9.78 Å². The van der Waals surface area contributed by atoms with Crippen LogP contribution in [0.2, 0.25) is 10.0 Å². The zero-order valence-corrected chi connectivity index (χ0v) is 16.3. The molecule has 1 amide bonds. The van der Waals surface area contributed by atoms with Crippen LogP contribution in [0.4, 0.5) is 5.69 Å². The SMILES string of the molecule is CCc1nc2scc(C(=O)O)c2c(=O)n1CC(=O)Nc1cccc(Cl)c1Cl. The number of carboxylic acid groups (broad SMARTS) is 1. The van der Waals surface area contributed by atoms with E-state index in [-0.39, 0.29) is 27.5 Å². The zero-order valence-electron chi connectivity index (χ0n) is 14.0. The highest BCUT2D eigenvalue weighted by Gasteiger charge is 2.20. The first kappa shape index (κ1) is 19.3. The third-order valence-corrected chi connectivity index (χ3v) is 5.54. The van der Waals surface area contributed by atoms with E-state index in [1.807, 2.05) is 0 Å². The molecule has 0 bridgehead atoms. The van der Waals surface area contributed by atoms with E-state index in [0.29, 0.717) is 22.8 Å². The summed E-state index contributed by atoms with van der Waals surface area (Å²) in [7, 11) is 0. The van der Waals surface area contributed by atoms with Crippen LogP contribution in [-0.2, 0) is 17.8 Å². The molecule has 7 nitrogen and oxygen atoms in total. The minimum atomic E-state index is -1.22. The number of hydrogen-bond acceptors (Lipinski definition) is 5. The fourth-order valence-electron chi connectivity index (χ4n) is 2.59. The van der Waals surface area contributed by atoms with Crippen molar-refractivity contribution in [3.05, 3.63) is 55.4 Å². The number of aromatic carboxylic acids is 1. The molecule has 0 aliphatic heterocycles. The van der Waals surface area contributed by atoms with E-state index in [4.69, 9.17) is 23.2 Å². The molecule has 0 spiro atoms. The molecule has 2 aromatic heterocycles. The van der Waals surface area contributed by atoms with Gasteiger partial charge in [0.2, 0.25) is 5.91 Å². The minimum absolute atomic E-state index is 0.00159. The molecule has 10 heteroatoms. The Morgan fingerprint density at radius 2 is 2.07 bits per heavy atom. The van der Waals surface area contributed by atoms with Crippen LogP contribution in [0.15, 0.2) is 28.4 Å². The highest BCUT2D eigenvalue weighted by atomic mass is 35.5. The predicted molar refractivity (Wildman–Crippen MR) is 105 cm³/mol. The Balaban J connectivity index is 2.00. The molecule has 27 heavy (non-hydrogen) atoms. The summed E-state index contributed by atoms with van der Waals surface area (Å²) in [4.78, 5) is 41.3. The van der Waals surface area contributed by atoms with Gasteiger partial charge in [0, 0.05) is 11.8 Å². The van der Waals surface area contributed by atoms with Gasteiger partial charge in [-0.1, -0.05) is 36.2 Å². The summed E-state index contributed by atoms with van der Waals surface area (Å²) >= 11 is 13.1. The molecule has 140 valence electrons.